The first-order valence-electron chi connectivity index (χ1n) is 5.66. The molecule has 0 atom stereocenters. The molecule has 1 saturated heterocycles. The van der Waals surface area contributed by atoms with E-state index in [-0.39, 0.29) is 11.2 Å². The lowest BCUT2D eigenvalue weighted by Gasteiger charge is -2.22. The van der Waals surface area contributed by atoms with Crippen LogP contribution < -0.4 is 4.90 Å². The van der Waals surface area contributed by atoms with E-state index in [0.717, 1.165) is 38.4 Å². The van der Waals surface area contributed by atoms with Gasteiger partial charge in [0, 0.05) is 39.3 Å². The van der Waals surface area contributed by atoms with Gasteiger partial charge in [0.25, 0.3) is 0 Å². The third kappa shape index (κ3) is 3.06. The maximum atomic E-state index is 11.3. The van der Waals surface area contributed by atoms with Gasteiger partial charge in [-0.3, -0.25) is 4.79 Å². The number of amides is 1. The number of carbonyl (C=O) groups is 1. The van der Waals surface area contributed by atoms with Crippen LogP contribution in [0.25, 0.3) is 0 Å². The standard InChI is InChI=1S/C11H15ClN4O/c1-9(17)15-5-2-6-16(8-7-15)10-3-4-13-11(12)14-10/h3-4H,2,5-8H2,1H3. The maximum Gasteiger partial charge on any atom is 0.224 e. The Morgan fingerprint density at radius 1 is 1.35 bits per heavy atom. The summed E-state index contributed by atoms with van der Waals surface area (Å²) in [5.74, 6) is 0.961. The molecule has 0 aromatic carbocycles. The zero-order valence-electron chi connectivity index (χ0n) is 9.77. The average Bonchev–Trinajstić information content (AvgIpc) is 2.54. The highest BCUT2D eigenvalue weighted by atomic mass is 35.5. The van der Waals surface area contributed by atoms with Gasteiger partial charge in [0.05, 0.1) is 0 Å². The van der Waals surface area contributed by atoms with E-state index < -0.39 is 0 Å². The van der Waals surface area contributed by atoms with Crippen molar-refractivity contribution in [3.8, 4) is 0 Å². The van der Waals surface area contributed by atoms with Crippen molar-refractivity contribution < 1.29 is 4.79 Å². The van der Waals surface area contributed by atoms with Crippen molar-refractivity contribution in [1.29, 1.82) is 0 Å². The summed E-state index contributed by atoms with van der Waals surface area (Å²) >= 11 is 5.77. The van der Waals surface area contributed by atoms with E-state index in [0.29, 0.717) is 0 Å². The quantitative estimate of drug-likeness (QED) is 0.707. The zero-order chi connectivity index (χ0) is 12.3. The van der Waals surface area contributed by atoms with E-state index in [1.165, 1.54) is 0 Å². The van der Waals surface area contributed by atoms with Crippen LogP contribution in [0.2, 0.25) is 5.28 Å². The van der Waals surface area contributed by atoms with E-state index >= 15 is 0 Å². The molecule has 5 nitrogen and oxygen atoms in total. The highest BCUT2D eigenvalue weighted by molar-refractivity contribution is 6.28. The van der Waals surface area contributed by atoms with Crippen LogP contribution in [0.3, 0.4) is 0 Å². The fourth-order valence-electron chi connectivity index (χ4n) is 1.96. The summed E-state index contributed by atoms with van der Waals surface area (Å²) in [6.45, 7) is 4.82. The number of carbonyl (C=O) groups excluding carboxylic acids is 1. The lowest BCUT2D eigenvalue weighted by molar-refractivity contribution is -0.128. The van der Waals surface area contributed by atoms with Crippen LogP contribution in [0.15, 0.2) is 12.3 Å². The normalized spacial score (nSPS) is 16.8. The molecule has 0 aliphatic carbocycles. The second-order valence-electron chi connectivity index (χ2n) is 4.03. The summed E-state index contributed by atoms with van der Waals surface area (Å²) in [4.78, 5) is 23.4. The van der Waals surface area contributed by atoms with E-state index in [9.17, 15) is 4.79 Å². The molecule has 6 heteroatoms. The predicted octanol–water partition coefficient (Wildman–Crippen LogP) is 1.19. The second-order valence-corrected chi connectivity index (χ2v) is 4.37. The Morgan fingerprint density at radius 3 is 2.88 bits per heavy atom. The monoisotopic (exact) mass is 254 g/mol. The minimum absolute atomic E-state index is 0.132. The Labute approximate surface area is 105 Å². The largest absolute Gasteiger partial charge is 0.355 e. The van der Waals surface area contributed by atoms with E-state index in [2.05, 4.69) is 14.9 Å². The molecule has 0 unspecified atom stereocenters. The number of nitrogens with zero attached hydrogens (tertiary/aromatic N) is 4. The minimum Gasteiger partial charge on any atom is -0.355 e. The van der Waals surface area contributed by atoms with Crippen LogP contribution >= 0.6 is 11.6 Å². The van der Waals surface area contributed by atoms with Gasteiger partial charge in [-0.1, -0.05) is 0 Å². The van der Waals surface area contributed by atoms with Crippen molar-refractivity contribution in [3.05, 3.63) is 17.5 Å². The van der Waals surface area contributed by atoms with Crippen molar-refractivity contribution in [2.24, 2.45) is 0 Å². The Balaban J connectivity index is 2.06. The average molecular weight is 255 g/mol. The summed E-state index contributed by atoms with van der Waals surface area (Å²) in [5.41, 5.74) is 0. The van der Waals surface area contributed by atoms with E-state index in [1.807, 2.05) is 11.0 Å². The van der Waals surface area contributed by atoms with Crippen LogP contribution in [0.5, 0.6) is 0 Å². The molecule has 1 aromatic heterocycles. The van der Waals surface area contributed by atoms with Crippen LogP contribution in [0, 0.1) is 0 Å². The number of hydrogen-bond donors (Lipinski definition) is 0. The molecule has 0 spiro atoms. The molecule has 17 heavy (non-hydrogen) atoms. The van der Waals surface area contributed by atoms with Crippen molar-refractivity contribution in [2.45, 2.75) is 13.3 Å². The predicted molar refractivity (Wildman–Crippen MR) is 66.1 cm³/mol. The Hall–Kier alpha value is -1.36. The first-order chi connectivity index (χ1) is 8.16. The van der Waals surface area contributed by atoms with Crippen LogP contribution in [0.4, 0.5) is 5.82 Å². The second kappa shape index (κ2) is 5.31. The van der Waals surface area contributed by atoms with Crippen LogP contribution in [-0.2, 0) is 4.79 Å². The molecular weight excluding hydrogens is 240 g/mol. The van der Waals surface area contributed by atoms with Crippen molar-refractivity contribution in [2.75, 3.05) is 31.1 Å². The van der Waals surface area contributed by atoms with Gasteiger partial charge in [0.2, 0.25) is 11.2 Å². The first-order valence-corrected chi connectivity index (χ1v) is 6.03. The number of halogens is 1. The summed E-state index contributed by atoms with van der Waals surface area (Å²) in [6, 6.07) is 1.84. The molecule has 0 saturated carbocycles. The van der Waals surface area contributed by atoms with Crippen molar-refractivity contribution in [3.63, 3.8) is 0 Å². The SMILES string of the molecule is CC(=O)N1CCCN(c2ccnc(Cl)n2)CC1. The number of anilines is 1. The molecule has 2 heterocycles. The van der Waals surface area contributed by atoms with Gasteiger partial charge in [-0.25, -0.2) is 9.97 Å². The van der Waals surface area contributed by atoms with E-state index in [4.69, 9.17) is 11.6 Å². The Bertz CT molecular complexity index is 412. The highest BCUT2D eigenvalue weighted by Gasteiger charge is 2.17. The number of hydrogen-bond acceptors (Lipinski definition) is 4. The van der Waals surface area contributed by atoms with Gasteiger partial charge in [-0.15, -0.1) is 0 Å². The first kappa shape index (κ1) is 12.1. The molecular formula is C11H15ClN4O. The number of rotatable bonds is 1. The lowest BCUT2D eigenvalue weighted by atomic mass is 10.4. The van der Waals surface area contributed by atoms with Crippen molar-refractivity contribution >= 4 is 23.3 Å². The van der Waals surface area contributed by atoms with Crippen LogP contribution in [-0.4, -0.2) is 47.0 Å². The highest BCUT2D eigenvalue weighted by Crippen LogP contribution is 2.14. The van der Waals surface area contributed by atoms with Gasteiger partial charge in [0.1, 0.15) is 5.82 Å². The fourth-order valence-corrected chi connectivity index (χ4v) is 2.11. The summed E-state index contributed by atoms with van der Waals surface area (Å²) in [7, 11) is 0. The molecule has 92 valence electrons. The summed E-state index contributed by atoms with van der Waals surface area (Å²) < 4.78 is 0. The molecule has 0 bridgehead atoms. The van der Waals surface area contributed by atoms with Gasteiger partial charge < -0.3 is 9.80 Å². The van der Waals surface area contributed by atoms with Crippen molar-refractivity contribution in [1.82, 2.24) is 14.9 Å². The molecule has 1 aliphatic heterocycles. The van der Waals surface area contributed by atoms with Crippen LogP contribution in [0.1, 0.15) is 13.3 Å². The molecule has 2 rings (SSSR count). The third-order valence-corrected chi connectivity index (χ3v) is 3.06. The minimum atomic E-state index is 0.132. The molecule has 1 aromatic rings. The molecule has 1 amide bonds. The van der Waals surface area contributed by atoms with Gasteiger partial charge in [-0.05, 0) is 24.1 Å². The topological polar surface area (TPSA) is 49.3 Å². The Morgan fingerprint density at radius 2 is 2.18 bits per heavy atom. The molecule has 0 radical (unpaired) electrons. The van der Waals surface area contributed by atoms with Gasteiger partial charge >= 0.3 is 0 Å². The number of aromatic nitrogens is 2. The fraction of sp³-hybridized carbons (Fsp3) is 0.545. The zero-order valence-corrected chi connectivity index (χ0v) is 10.5. The molecule has 0 N–H and O–H groups in total. The van der Waals surface area contributed by atoms with Gasteiger partial charge in [0.15, 0.2) is 0 Å². The molecule has 1 fully saturated rings. The smallest absolute Gasteiger partial charge is 0.224 e. The molecule has 1 aliphatic rings. The van der Waals surface area contributed by atoms with Gasteiger partial charge in [-0.2, -0.15) is 0 Å². The van der Waals surface area contributed by atoms with E-state index in [1.54, 1.807) is 13.1 Å². The maximum absolute atomic E-state index is 11.3. The third-order valence-electron chi connectivity index (χ3n) is 2.88. The Kier molecular flexibility index (Phi) is 3.78. The lowest BCUT2D eigenvalue weighted by Crippen LogP contribution is -2.33. The summed E-state index contributed by atoms with van der Waals surface area (Å²) in [5, 5.41) is 0.259. The summed E-state index contributed by atoms with van der Waals surface area (Å²) in [6.07, 6.45) is 2.60.